The molecule has 0 radical (unpaired) electrons. The molecule has 6 rings (SSSR count). The highest BCUT2D eigenvalue weighted by atomic mass is 35.5. The van der Waals surface area contributed by atoms with E-state index in [0.717, 1.165) is 15.4 Å². The van der Waals surface area contributed by atoms with Gasteiger partial charge in [0.05, 0.1) is 23.3 Å². The number of halogens is 2. The Morgan fingerprint density at radius 3 is 2.29 bits per heavy atom. The molecule has 0 aliphatic heterocycles. The molecular formula is C35H31Cl2N3O7S. The number of carboxylic acid groups (broad SMARTS) is 2. The highest BCUT2D eigenvalue weighted by Crippen LogP contribution is 2.58. The fourth-order valence-corrected chi connectivity index (χ4v) is 7.66. The predicted molar refractivity (Wildman–Crippen MR) is 182 cm³/mol. The van der Waals surface area contributed by atoms with Crippen molar-refractivity contribution < 1.29 is 33.0 Å². The fourth-order valence-electron chi connectivity index (χ4n) is 5.77. The second-order valence-electron chi connectivity index (χ2n) is 11.3. The molecule has 13 heteroatoms. The molecular weight excluding hydrogens is 677 g/mol. The third-order valence-corrected chi connectivity index (χ3v) is 10.5. The van der Waals surface area contributed by atoms with Gasteiger partial charge in [0.1, 0.15) is 17.9 Å². The lowest BCUT2D eigenvalue weighted by atomic mass is 10.0. The van der Waals surface area contributed by atoms with Crippen LogP contribution >= 0.6 is 24.0 Å². The first kappa shape index (κ1) is 34.6. The number of aliphatic carboxylic acids is 1. The van der Waals surface area contributed by atoms with E-state index < -0.39 is 33.4 Å². The highest BCUT2D eigenvalue weighted by molar-refractivity contribution is 7.89. The maximum Gasteiger partial charge on any atom is 0.335 e. The first-order valence-corrected chi connectivity index (χ1v) is 16.5. The topological polar surface area (TPSA) is 139 Å². The molecule has 248 valence electrons. The van der Waals surface area contributed by atoms with Gasteiger partial charge in [-0.15, -0.1) is 12.4 Å². The van der Waals surface area contributed by atoms with Crippen molar-refractivity contribution in [2.75, 3.05) is 6.61 Å². The van der Waals surface area contributed by atoms with Crippen LogP contribution in [0.25, 0.3) is 11.1 Å². The lowest BCUT2D eigenvalue weighted by Gasteiger charge is -2.30. The Morgan fingerprint density at radius 1 is 0.958 bits per heavy atom. The number of aromatic nitrogens is 2. The molecule has 0 spiro atoms. The van der Waals surface area contributed by atoms with Crippen molar-refractivity contribution in [1.82, 2.24) is 13.9 Å². The Hall–Kier alpha value is -4.68. The van der Waals surface area contributed by atoms with Crippen LogP contribution in [0.15, 0.2) is 121 Å². The largest absolute Gasteiger partial charge is 0.492 e. The second kappa shape index (κ2) is 14.2. The zero-order valence-corrected chi connectivity index (χ0v) is 27.7. The van der Waals surface area contributed by atoms with Gasteiger partial charge in [0.2, 0.25) is 10.0 Å². The molecule has 2 atom stereocenters. The standard InChI is InChI=1S/C35H30ClN3O7S.ClH/c36-29-11-7-25(8-12-29)26-9-13-31(14-10-26)47(44,45)39(22-24-3-1-5-28(19-24)33(40)41)35(34(42)43)21-32(35)27-4-2-6-30(20-27)46-18-17-38-16-15-37-23-38;/h1-16,19-20,23,32H,17-18,21-22H2,(H,40,41)(H,42,43);1H. The molecule has 5 aromatic rings. The van der Waals surface area contributed by atoms with E-state index in [1.807, 2.05) is 22.9 Å². The minimum Gasteiger partial charge on any atom is -0.492 e. The summed E-state index contributed by atoms with van der Waals surface area (Å²) in [6.07, 6.45) is 5.18. The van der Waals surface area contributed by atoms with Gasteiger partial charge in [0, 0.05) is 29.9 Å². The number of benzene rings is 4. The zero-order valence-electron chi connectivity index (χ0n) is 25.3. The van der Waals surface area contributed by atoms with Crippen molar-refractivity contribution in [3.05, 3.63) is 137 Å². The van der Waals surface area contributed by atoms with Gasteiger partial charge in [-0.3, -0.25) is 4.79 Å². The van der Waals surface area contributed by atoms with Crippen LogP contribution in [0.3, 0.4) is 0 Å². The van der Waals surface area contributed by atoms with Gasteiger partial charge in [0.15, 0.2) is 0 Å². The zero-order chi connectivity index (χ0) is 33.2. The van der Waals surface area contributed by atoms with E-state index in [4.69, 9.17) is 16.3 Å². The lowest BCUT2D eigenvalue weighted by Crippen LogP contribution is -2.48. The van der Waals surface area contributed by atoms with Crippen molar-refractivity contribution in [1.29, 1.82) is 0 Å². The molecule has 1 aliphatic rings. The monoisotopic (exact) mass is 707 g/mol. The molecule has 0 amide bonds. The van der Waals surface area contributed by atoms with Crippen molar-refractivity contribution in [3.8, 4) is 16.9 Å². The first-order chi connectivity index (χ1) is 22.6. The first-order valence-electron chi connectivity index (χ1n) is 14.7. The van der Waals surface area contributed by atoms with Crippen LogP contribution in [0.5, 0.6) is 5.75 Å². The fraction of sp³-hybridized carbons (Fsp3) is 0.171. The number of hydrogen-bond donors (Lipinski definition) is 2. The number of aromatic carboxylic acids is 1. The summed E-state index contributed by atoms with van der Waals surface area (Å²) in [4.78, 5) is 28.8. The van der Waals surface area contributed by atoms with E-state index >= 15 is 0 Å². The molecule has 0 saturated heterocycles. The highest BCUT2D eigenvalue weighted by Gasteiger charge is 2.68. The average molecular weight is 709 g/mol. The molecule has 2 unspecified atom stereocenters. The number of carboxylic acids is 2. The Kier molecular flexibility index (Phi) is 10.3. The number of imidazole rings is 1. The van der Waals surface area contributed by atoms with Gasteiger partial charge in [-0.1, -0.05) is 60.1 Å². The Labute approximate surface area is 288 Å². The molecule has 0 bridgehead atoms. The maximum absolute atomic E-state index is 14.4. The van der Waals surface area contributed by atoms with Crippen molar-refractivity contribution in [3.63, 3.8) is 0 Å². The Bertz CT molecular complexity index is 2020. The summed E-state index contributed by atoms with van der Waals surface area (Å²) >= 11 is 6.02. The van der Waals surface area contributed by atoms with E-state index in [1.165, 1.54) is 30.3 Å². The van der Waals surface area contributed by atoms with Gasteiger partial charge in [-0.2, -0.15) is 4.31 Å². The van der Waals surface area contributed by atoms with E-state index in [1.54, 1.807) is 67.1 Å². The molecule has 1 saturated carbocycles. The van der Waals surface area contributed by atoms with Crippen molar-refractivity contribution in [2.45, 2.75) is 35.9 Å². The van der Waals surface area contributed by atoms with Crippen LogP contribution in [0, 0.1) is 0 Å². The molecule has 10 nitrogen and oxygen atoms in total. The van der Waals surface area contributed by atoms with Gasteiger partial charge < -0.3 is 19.5 Å². The summed E-state index contributed by atoms with van der Waals surface area (Å²) in [5, 5.41) is 20.8. The SMILES string of the molecule is Cl.O=C(O)c1cccc(CN(C2(C(=O)O)CC2c2cccc(OCCn3ccnc3)c2)S(=O)(=O)c2ccc(-c3ccc(Cl)cc3)cc2)c1. The molecule has 4 aromatic carbocycles. The third kappa shape index (κ3) is 7.09. The number of carbonyl (C=O) groups is 2. The summed E-state index contributed by atoms with van der Waals surface area (Å²) in [7, 11) is -4.42. The number of nitrogens with zero attached hydrogens (tertiary/aromatic N) is 3. The lowest BCUT2D eigenvalue weighted by molar-refractivity contribution is -0.143. The number of hydrogen-bond acceptors (Lipinski definition) is 6. The van der Waals surface area contributed by atoms with Gasteiger partial charge in [-0.05, 0) is 77.2 Å². The second-order valence-corrected chi connectivity index (χ2v) is 13.6. The molecule has 1 fully saturated rings. The van der Waals surface area contributed by atoms with Crippen LogP contribution in [-0.2, 0) is 27.9 Å². The van der Waals surface area contributed by atoms with Crippen LogP contribution in [0.2, 0.25) is 5.02 Å². The van der Waals surface area contributed by atoms with Crippen molar-refractivity contribution in [2.24, 2.45) is 0 Å². The molecule has 48 heavy (non-hydrogen) atoms. The molecule has 1 aliphatic carbocycles. The van der Waals surface area contributed by atoms with E-state index in [9.17, 15) is 28.2 Å². The summed E-state index contributed by atoms with van der Waals surface area (Å²) in [5.74, 6) is -2.65. The molecule has 1 heterocycles. The summed E-state index contributed by atoms with van der Waals surface area (Å²) < 4.78 is 37.6. The quantitative estimate of drug-likeness (QED) is 0.140. The summed E-state index contributed by atoms with van der Waals surface area (Å²) in [5.41, 5.74) is 0.673. The molecule has 1 aromatic heterocycles. The third-order valence-electron chi connectivity index (χ3n) is 8.30. The Morgan fingerprint density at radius 2 is 1.65 bits per heavy atom. The molecule has 2 N–H and O–H groups in total. The van der Waals surface area contributed by atoms with Crippen LogP contribution in [0.1, 0.15) is 33.8 Å². The van der Waals surface area contributed by atoms with Gasteiger partial charge >= 0.3 is 11.9 Å². The van der Waals surface area contributed by atoms with Crippen LogP contribution in [-0.4, -0.2) is 56.6 Å². The minimum absolute atomic E-state index is 0. The normalized spacial score (nSPS) is 17.0. The average Bonchev–Trinajstić information content (AvgIpc) is 3.62. The number of ether oxygens (including phenoxy) is 1. The van der Waals surface area contributed by atoms with Gasteiger partial charge in [0.25, 0.3) is 0 Å². The Balaban J connectivity index is 0.00000451. The van der Waals surface area contributed by atoms with Gasteiger partial charge in [-0.25, -0.2) is 18.2 Å². The van der Waals surface area contributed by atoms with Crippen molar-refractivity contribution >= 4 is 46.0 Å². The summed E-state index contributed by atoms with van der Waals surface area (Å²) in [6.45, 7) is 0.554. The van der Waals surface area contributed by atoms with E-state index in [0.29, 0.717) is 35.1 Å². The number of rotatable bonds is 13. The minimum atomic E-state index is -4.42. The predicted octanol–water partition coefficient (Wildman–Crippen LogP) is 6.60. The summed E-state index contributed by atoms with van der Waals surface area (Å²) in [6, 6.07) is 26.1. The smallest absolute Gasteiger partial charge is 0.335 e. The van der Waals surface area contributed by atoms with Crippen LogP contribution in [0.4, 0.5) is 0 Å². The van der Waals surface area contributed by atoms with Crippen LogP contribution < -0.4 is 4.74 Å². The maximum atomic E-state index is 14.4. The number of sulfonamides is 1. The van der Waals surface area contributed by atoms with E-state index in [2.05, 4.69) is 4.98 Å². The van der Waals surface area contributed by atoms with E-state index in [-0.39, 0.29) is 35.8 Å².